The third kappa shape index (κ3) is 3.38. The van der Waals surface area contributed by atoms with Gasteiger partial charge in [0.15, 0.2) is 11.6 Å². The van der Waals surface area contributed by atoms with Crippen molar-refractivity contribution >= 4 is 41.0 Å². The maximum absolute atomic E-state index is 11.0. The van der Waals surface area contributed by atoms with Gasteiger partial charge in [0.2, 0.25) is 5.16 Å². The molecule has 0 radical (unpaired) electrons. The molecule has 1 aliphatic rings. The molecule has 0 bridgehead atoms. The average molecular weight is 402 g/mol. The minimum atomic E-state index is -0.579. The molecule has 0 unspecified atom stereocenters. The maximum atomic E-state index is 11.0. The first kappa shape index (κ1) is 17.5. The standard InChI is InChI=1S/C17H12ClN5O3S/c1-2-14-19-20-17-22(14)21-16(12-7-8-15(26-12)23(24)25)13(27-17)9-10-3-5-11(18)6-4-10/h3-9H,2H2,1H3/b13-9-. The fourth-order valence-corrected chi connectivity index (χ4v) is 3.58. The number of thioether (sulfide) groups is 1. The van der Waals surface area contributed by atoms with Gasteiger partial charge in [-0.05, 0) is 41.6 Å². The summed E-state index contributed by atoms with van der Waals surface area (Å²) in [6.45, 7) is 1.95. The van der Waals surface area contributed by atoms with Gasteiger partial charge in [-0.15, -0.1) is 10.2 Å². The number of aryl methyl sites for hydroxylation is 1. The summed E-state index contributed by atoms with van der Waals surface area (Å²) >= 11 is 7.32. The number of hydrogen-bond acceptors (Lipinski definition) is 7. The van der Waals surface area contributed by atoms with E-state index in [0.717, 1.165) is 10.5 Å². The van der Waals surface area contributed by atoms with Gasteiger partial charge in [0.05, 0.1) is 6.07 Å². The summed E-state index contributed by atoms with van der Waals surface area (Å²) < 4.78 is 7.01. The summed E-state index contributed by atoms with van der Waals surface area (Å²) in [6.07, 6.45) is 2.55. The Morgan fingerprint density at radius 3 is 2.70 bits per heavy atom. The van der Waals surface area contributed by atoms with Crippen LogP contribution in [0.15, 0.2) is 56.0 Å². The van der Waals surface area contributed by atoms with Gasteiger partial charge in [0, 0.05) is 16.3 Å². The van der Waals surface area contributed by atoms with Crippen LogP contribution in [-0.4, -0.2) is 25.5 Å². The van der Waals surface area contributed by atoms with Crippen LogP contribution in [0.2, 0.25) is 5.02 Å². The highest BCUT2D eigenvalue weighted by Crippen LogP contribution is 2.36. The van der Waals surface area contributed by atoms with E-state index in [2.05, 4.69) is 15.3 Å². The molecule has 0 saturated heterocycles. The molecule has 8 nitrogen and oxygen atoms in total. The number of nitrogens with zero attached hydrogens (tertiary/aromatic N) is 5. The van der Waals surface area contributed by atoms with E-state index in [9.17, 15) is 10.1 Å². The molecule has 4 rings (SSSR count). The van der Waals surface area contributed by atoms with Crippen molar-refractivity contribution in [2.24, 2.45) is 5.10 Å². The Morgan fingerprint density at radius 1 is 1.26 bits per heavy atom. The number of nitro groups is 1. The lowest BCUT2D eigenvalue weighted by molar-refractivity contribution is -0.402. The first-order valence-electron chi connectivity index (χ1n) is 7.98. The van der Waals surface area contributed by atoms with Crippen LogP contribution < -0.4 is 0 Å². The molecule has 0 spiro atoms. The zero-order valence-electron chi connectivity index (χ0n) is 14.0. The zero-order chi connectivity index (χ0) is 19.0. The quantitative estimate of drug-likeness (QED) is 0.474. The van der Waals surface area contributed by atoms with E-state index in [1.165, 1.54) is 23.9 Å². The Bertz CT molecular complexity index is 1080. The summed E-state index contributed by atoms with van der Waals surface area (Å²) in [6, 6.07) is 10.2. The van der Waals surface area contributed by atoms with Gasteiger partial charge in [-0.25, -0.2) is 0 Å². The van der Waals surface area contributed by atoms with E-state index in [0.29, 0.717) is 33.9 Å². The van der Waals surface area contributed by atoms with Crippen LogP contribution in [-0.2, 0) is 6.42 Å². The van der Waals surface area contributed by atoms with Crippen molar-refractivity contribution in [2.75, 3.05) is 0 Å². The molecule has 2 aromatic heterocycles. The lowest BCUT2D eigenvalue weighted by Crippen LogP contribution is -2.12. The molecule has 136 valence electrons. The number of benzene rings is 1. The van der Waals surface area contributed by atoms with E-state index < -0.39 is 4.92 Å². The van der Waals surface area contributed by atoms with Crippen LogP contribution in [0.25, 0.3) is 6.08 Å². The van der Waals surface area contributed by atoms with Gasteiger partial charge in [-0.1, -0.05) is 30.7 Å². The lowest BCUT2D eigenvalue weighted by atomic mass is 10.1. The predicted molar refractivity (Wildman–Crippen MR) is 102 cm³/mol. The normalized spacial score (nSPS) is 14.9. The van der Waals surface area contributed by atoms with Gasteiger partial charge in [0.1, 0.15) is 10.6 Å². The van der Waals surface area contributed by atoms with Gasteiger partial charge >= 0.3 is 5.88 Å². The van der Waals surface area contributed by atoms with Gasteiger partial charge in [-0.2, -0.15) is 9.78 Å². The van der Waals surface area contributed by atoms with Crippen molar-refractivity contribution in [3.63, 3.8) is 0 Å². The van der Waals surface area contributed by atoms with Crippen molar-refractivity contribution in [2.45, 2.75) is 18.5 Å². The van der Waals surface area contributed by atoms with Crippen LogP contribution in [0.5, 0.6) is 0 Å². The number of allylic oxidation sites excluding steroid dienone is 1. The third-order valence-electron chi connectivity index (χ3n) is 3.80. The highest BCUT2D eigenvalue weighted by molar-refractivity contribution is 8.04. The molecule has 0 atom stereocenters. The van der Waals surface area contributed by atoms with Crippen molar-refractivity contribution < 1.29 is 9.34 Å². The summed E-state index contributed by atoms with van der Waals surface area (Å²) in [5, 5.41) is 25.1. The maximum Gasteiger partial charge on any atom is 0.433 e. The zero-order valence-corrected chi connectivity index (χ0v) is 15.6. The van der Waals surface area contributed by atoms with Crippen molar-refractivity contribution in [1.29, 1.82) is 0 Å². The molecule has 0 amide bonds. The highest BCUT2D eigenvalue weighted by Gasteiger charge is 2.27. The van der Waals surface area contributed by atoms with E-state index >= 15 is 0 Å². The van der Waals surface area contributed by atoms with Crippen molar-refractivity contribution in [3.05, 3.63) is 73.6 Å². The fourth-order valence-electron chi connectivity index (χ4n) is 2.51. The third-order valence-corrected chi connectivity index (χ3v) is 5.02. The van der Waals surface area contributed by atoms with E-state index in [4.69, 9.17) is 16.0 Å². The molecule has 3 heterocycles. The molecule has 3 aromatic rings. The fraction of sp³-hybridized carbons (Fsp3) is 0.118. The summed E-state index contributed by atoms with van der Waals surface area (Å²) in [7, 11) is 0. The van der Waals surface area contributed by atoms with Crippen LogP contribution in [0.3, 0.4) is 0 Å². The smallest absolute Gasteiger partial charge is 0.399 e. The minimum Gasteiger partial charge on any atom is -0.399 e. The molecule has 1 aliphatic heterocycles. The molecular weight excluding hydrogens is 390 g/mol. The largest absolute Gasteiger partial charge is 0.433 e. The first-order valence-corrected chi connectivity index (χ1v) is 9.18. The van der Waals surface area contributed by atoms with Gasteiger partial charge in [0.25, 0.3) is 0 Å². The van der Waals surface area contributed by atoms with E-state index in [1.54, 1.807) is 16.8 Å². The molecule has 1 aromatic carbocycles. The summed E-state index contributed by atoms with van der Waals surface area (Å²) in [5.41, 5.74) is 1.38. The topological polar surface area (TPSA) is 99.3 Å². The van der Waals surface area contributed by atoms with Crippen LogP contribution in [0.4, 0.5) is 5.88 Å². The molecule has 0 saturated carbocycles. The predicted octanol–water partition coefficient (Wildman–Crippen LogP) is 4.39. The molecule has 27 heavy (non-hydrogen) atoms. The summed E-state index contributed by atoms with van der Waals surface area (Å²) in [5.74, 6) is 0.659. The number of furan rings is 1. The second-order valence-electron chi connectivity index (χ2n) is 5.57. The van der Waals surface area contributed by atoms with Crippen molar-refractivity contribution in [3.8, 4) is 0 Å². The SMILES string of the molecule is CCc1nnc2n1N=C(c1ccc([N+](=O)[O-])o1)/C(=C/c1ccc(Cl)cc1)S2. The summed E-state index contributed by atoms with van der Waals surface area (Å²) in [4.78, 5) is 11.1. The Balaban J connectivity index is 1.84. The second kappa shape index (κ2) is 7.01. The molecule has 0 fully saturated rings. The Kier molecular flexibility index (Phi) is 4.54. The first-order chi connectivity index (χ1) is 13.0. The highest BCUT2D eigenvalue weighted by atomic mass is 35.5. The number of halogens is 1. The van der Waals surface area contributed by atoms with Crippen LogP contribution >= 0.6 is 23.4 Å². The minimum absolute atomic E-state index is 0.302. The van der Waals surface area contributed by atoms with Gasteiger partial charge < -0.3 is 4.42 Å². The lowest BCUT2D eigenvalue weighted by Gasteiger charge is -2.15. The monoisotopic (exact) mass is 401 g/mol. The Morgan fingerprint density at radius 2 is 2.04 bits per heavy atom. The van der Waals surface area contributed by atoms with E-state index in [-0.39, 0.29) is 5.88 Å². The Hall–Kier alpha value is -2.91. The second-order valence-corrected chi connectivity index (χ2v) is 7.02. The number of rotatable bonds is 4. The molecule has 10 heteroatoms. The molecule has 0 N–H and O–H groups in total. The van der Waals surface area contributed by atoms with Crippen LogP contribution in [0.1, 0.15) is 24.1 Å². The van der Waals surface area contributed by atoms with Gasteiger partial charge in [-0.3, -0.25) is 10.1 Å². The number of aromatic nitrogens is 3. The van der Waals surface area contributed by atoms with E-state index in [1.807, 2.05) is 25.1 Å². The molecule has 0 aliphatic carbocycles. The number of fused-ring (bicyclic) bond motifs is 1. The Labute approximate surface area is 162 Å². The average Bonchev–Trinajstić information content (AvgIpc) is 3.29. The number of hydrogen-bond donors (Lipinski definition) is 0. The molecular formula is C17H12ClN5O3S. The van der Waals surface area contributed by atoms with Crippen molar-refractivity contribution in [1.82, 2.24) is 14.9 Å². The van der Waals surface area contributed by atoms with Crippen LogP contribution in [0, 0.1) is 10.1 Å².